The van der Waals surface area contributed by atoms with Crippen LogP contribution in [0.3, 0.4) is 0 Å². The molecule has 3 nitrogen and oxygen atoms in total. The summed E-state index contributed by atoms with van der Waals surface area (Å²) in [6, 6.07) is 10.3. The summed E-state index contributed by atoms with van der Waals surface area (Å²) in [5.41, 5.74) is 2.48. The van der Waals surface area contributed by atoms with E-state index in [-0.39, 0.29) is 24.7 Å². The molecule has 0 bridgehead atoms. The summed E-state index contributed by atoms with van der Waals surface area (Å²) in [7, 11) is -1.93. The Balaban J connectivity index is 1.85. The Morgan fingerprint density at radius 2 is 1.73 bits per heavy atom. The van der Waals surface area contributed by atoms with E-state index in [0.29, 0.717) is 22.6 Å². The molecule has 0 aromatic heterocycles. The Kier molecular flexibility index (Phi) is 12.8. The molecule has 1 aliphatic carbocycles. The molecule has 0 aliphatic heterocycles. The number of hydrogen-bond donors (Lipinski definition) is 1. The van der Waals surface area contributed by atoms with Crippen molar-refractivity contribution in [2.24, 2.45) is 5.92 Å². The van der Waals surface area contributed by atoms with Crippen LogP contribution in [0.4, 0.5) is 8.78 Å². The van der Waals surface area contributed by atoms with Crippen molar-refractivity contribution >= 4 is 19.2 Å². The van der Waals surface area contributed by atoms with Crippen molar-refractivity contribution < 1.29 is 23.4 Å². The predicted molar refractivity (Wildman–Crippen MR) is 168 cm³/mol. The van der Waals surface area contributed by atoms with Crippen LogP contribution in [0.1, 0.15) is 102 Å². The molecule has 2 aromatic rings. The van der Waals surface area contributed by atoms with E-state index in [0.717, 1.165) is 61.7 Å². The number of hydrogen-bond acceptors (Lipinski definition) is 3. The Labute approximate surface area is 247 Å². The largest absolute Gasteiger partial charge is 0.457 e. The van der Waals surface area contributed by atoms with Crippen molar-refractivity contribution in [3.63, 3.8) is 0 Å². The first-order chi connectivity index (χ1) is 19.6. The lowest BCUT2D eigenvalue weighted by atomic mass is 9.76. The zero-order chi connectivity index (χ0) is 30.0. The molecule has 0 amide bonds. The monoisotopic (exact) mass is 584 g/mol. The van der Waals surface area contributed by atoms with E-state index < -0.39 is 25.7 Å². The Bertz CT molecular complexity index is 1170. The van der Waals surface area contributed by atoms with Gasteiger partial charge in [0.2, 0.25) is 0 Å². The summed E-state index contributed by atoms with van der Waals surface area (Å²) < 4.78 is 36.7. The fraction of sp³-hybridized carbons (Fsp3) is 0.571. The second-order valence-corrected chi connectivity index (χ2v) is 17.5. The van der Waals surface area contributed by atoms with Gasteiger partial charge in [-0.2, -0.15) is 0 Å². The maximum absolute atomic E-state index is 15.6. The zero-order valence-corrected chi connectivity index (χ0v) is 26.7. The molecule has 1 N–H and O–H groups in total. The van der Waals surface area contributed by atoms with Crippen molar-refractivity contribution in [3.8, 4) is 11.1 Å². The second kappa shape index (κ2) is 15.8. The fourth-order valence-electron chi connectivity index (χ4n) is 6.35. The lowest BCUT2D eigenvalue weighted by Crippen LogP contribution is -2.43. The second-order valence-electron chi connectivity index (χ2n) is 12.7. The van der Waals surface area contributed by atoms with Crippen LogP contribution in [0.15, 0.2) is 42.5 Å². The summed E-state index contributed by atoms with van der Waals surface area (Å²) in [5.74, 6) is -1.22. The van der Waals surface area contributed by atoms with E-state index >= 15 is 8.78 Å². The van der Waals surface area contributed by atoms with Gasteiger partial charge in [0.05, 0.1) is 8.07 Å². The molecule has 226 valence electrons. The van der Waals surface area contributed by atoms with Crippen molar-refractivity contribution in [3.05, 3.63) is 65.2 Å². The van der Waals surface area contributed by atoms with Gasteiger partial charge in [-0.1, -0.05) is 101 Å². The van der Waals surface area contributed by atoms with Gasteiger partial charge in [0.25, 0.3) is 0 Å². The number of unbranched alkanes of at least 4 members (excludes halogenated alkanes) is 4. The van der Waals surface area contributed by atoms with E-state index in [9.17, 15) is 4.79 Å². The number of halogens is 2. The molecule has 0 saturated heterocycles. The van der Waals surface area contributed by atoms with Crippen LogP contribution in [0.25, 0.3) is 11.1 Å². The van der Waals surface area contributed by atoms with E-state index in [1.807, 2.05) is 18.2 Å². The van der Waals surface area contributed by atoms with Gasteiger partial charge in [0.15, 0.2) is 11.6 Å². The van der Waals surface area contributed by atoms with Gasteiger partial charge in [-0.25, -0.2) is 13.6 Å². The third-order valence-corrected chi connectivity index (χ3v) is 12.5. The number of ether oxygens (including phenoxy) is 1. The maximum atomic E-state index is 15.6. The highest BCUT2D eigenvalue weighted by Gasteiger charge is 2.29. The molecule has 1 saturated carbocycles. The summed E-state index contributed by atoms with van der Waals surface area (Å²) in [6.07, 6.45) is 11.8. The van der Waals surface area contributed by atoms with Gasteiger partial charge in [-0.15, -0.1) is 0 Å². The Hall–Kier alpha value is -2.31. The number of aliphatic hydroxyl groups is 1. The minimum Gasteiger partial charge on any atom is -0.457 e. The molecule has 0 spiro atoms. The minimum absolute atomic E-state index is 0.0611. The van der Waals surface area contributed by atoms with Crippen LogP contribution >= 0.6 is 0 Å². The Morgan fingerprint density at radius 3 is 2.39 bits per heavy atom. The third kappa shape index (κ3) is 9.08. The van der Waals surface area contributed by atoms with E-state index in [2.05, 4.69) is 26.6 Å². The quantitative estimate of drug-likeness (QED) is 0.0982. The van der Waals surface area contributed by atoms with Gasteiger partial charge in [-0.3, -0.25) is 0 Å². The van der Waals surface area contributed by atoms with Crippen LogP contribution in [0.5, 0.6) is 0 Å². The highest BCUT2D eigenvalue weighted by molar-refractivity contribution is 6.90. The van der Waals surface area contributed by atoms with Gasteiger partial charge in [-0.05, 0) is 73.6 Å². The average Bonchev–Trinajstić information content (AvgIpc) is 2.96. The summed E-state index contributed by atoms with van der Waals surface area (Å²) in [6.45, 7) is 12.3. The maximum Gasteiger partial charge on any atom is 0.333 e. The van der Waals surface area contributed by atoms with Crippen molar-refractivity contribution in [1.29, 1.82) is 0 Å². The molecule has 0 unspecified atom stereocenters. The number of carbonyl (C=O) groups is 1. The first-order valence-corrected chi connectivity index (χ1v) is 18.8. The molecule has 6 heteroatoms. The van der Waals surface area contributed by atoms with Crippen LogP contribution in [0.2, 0.25) is 19.1 Å². The number of benzene rings is 2. The first-order valence-electron chi connectivity index (χ1n) is 15.6. The first kappa shape index (κ1) is 33.2. The molecule has 1 fully saturated rings. The van der Waals surface area contributed by atoms with Crippen molar-refractivity contribution in [1.82, 2.24) is 0 Å². The summed E-state index contributed by atoms with van der Waals surface area (Å²) in [5, 5.41) is 10.3. The van der Waals surface area contributed by atoms with Crippen molar-refractivity contribution in [2.45, 2.75) is 116 Å². The zero-order valence-electron chi connectivity index (χ0n) is 25.7. The topological polar surface area (TPSA) is 46.5 Å². The fourth-order valence-corrected chi connectivity index (χ4v) is 9.30. The number of esters is 1. The highest BCUT2D eigenvalue weighted by atomic mass is 28.3. The van der Waals surface area contributed by atoms with Gasteiger partial charge in [0, 0.05) is 17.7 Å². The SMILES string of the molecule is C=C(C)C(=O)OCc1cc(-c2ccc(C3CCC(CCCCC)CC3)c(F)c2F)ccc1[Si](C)(C)CCCCCO. The predicted octanol–water partition coefficient (Wildman–Crippen LogP) is 9.18. The smallest absolute Gasteiger partial charge is 0.333 e. The standard InChI is InChI=1S/C35H50F2O3Si/c1-6-7-9-12-26-13-15-27(16-14-26)30-18-19-31(34(37)33(30)36)28-17-20-32(41(4,5)22-11-8-10-21-38)29(23-28)24-40-35(39)25(2)3/h17-20,23,26-27,38H,2,6-16,21-22,24H2,1,3-5H3. The van der Waals surface area contributed by atoms with E-state index in [1.165, 1.54) is 25.7 Å². The van der Waals surface area contributed by atoms with Crippen LogP contribution < -0.4 is 5.19 Å². The lowest BCUT2D eigenvalue weighted by Gasteiger charge is -2.29. The molecule has 41 heavy (non-hydrogen) atoms. The lowest BCUT2D eigenvalue weighted by molar-refractivity contribution is -0.140. The number of aliphatic hydroxyl groups excluding tert-OH is 1. The van der Waals surface area contributed by atoms with Gasteiger partial charge >= 0.3 is 5.97 Å². The van der Waals surface area contributed by atoms with Gasteiger partial charge < -0.3 is 9.84 Å². The number of carbonyl (C=O) groups excluding carboxylic acids is 1. The summed E-state index contributed by atoms with van der Waals surface area (Å²) in [4.78, 5) is 12.2. The van der Waals surface area contributed by atoms with E-state index in [4.69, 9.17) is 9.84 Å². The minimum atomic E-state index is -1.93. The third-order valence-electron chi connectivity index (χ3n) is 8.93. The average molecular weight is 585 g/mol. The molecule has 0 atom stereocenters. The molecule has 3 rings (SSSR count). The molecule has 0 radical (unpaired) electrons. The Morgan fingerprint density at radius 1 is 1.00 bits per heavy atom. The number of rotatable bonds is 15. The highest BCUT2D eigenvalue weighted by Crippen LogP contribution is 2.40. The summed E-state index contributed by atoms with van der Waals surface area (Å²) >= 11 is 0. The molecular formula is C35H50F2O3Si. The van der Waals surface area contributed by atoms with Crippen LogP contribution in [-0.2, 0) is 16.1 Å². The molecular weight excluding hydrogens is 534 g/mol. The molecule has 0 heterocycles. The normalized spacial score (nSPS) is 17.4. The van der Waals surface area contributed by atoms with Crippen LogP contribution in [-0.4, -0.2) is 25.8 Å². The van der Waals surface area contributed by atoms with E-state index in [1.54, 1.807) is 19.1 Å². The van der Waals surface area contributed by atoms with Crippen LogP contribution in [0, 0.1) is 17.6 Å². The molecule has 1 aliphatic rings. The molecule has 2 aromatic carbocycles. The van der Waals surface area contributed by atoms with Crippen molar-refractivity contribution in [2.75, 3.05) is 6.61 Å². The van der Waals surface area contributed by atoms with Gasteiger partial charge in [0.1, 0.15) is 6.61 Å².